The van der Waals surface area contributed by atoms with Crippen molar-refractivity contribution in [3.63, 3.8) is 0 Å². The second-order valence-electron chi connectivity index (χ2n) is 4.96. The van der Waals surface area contributed by atoms with Crippen LogP contribution in [0.3, 0.4) is 0 Å². The van der Waals surface area contributed by atoms with Crippen LogP contribution < -0.4 is 10.1 Å². The largest absolute Gasteiger partial charge is 0.291 e. The first-order valence-electron chi connectivity index (χ1n) is 6.93. The van der Waals surface area contributed by atoms with E-state index in [9.17, 15) is 4.79 Å². The van der Waals surface area contributed by atoms with Gasteiger partial charge < -0.3 is 0 Å². The molecule has 0 aliphatic rings. The molecule has 4 nitrogen and oxygen atoms in total. The maximum Gasteiger partial charge on any atom is 0.291 e. The molecule has 112 valence electrons. The first-order chi connectivity index (χ1) is 11.2. The van der Waals surface area contributed by atoms with Crippen molar-refractivity contribution in [2.75, 3.05) is 0 Å². The van der Waals surface area contributed by atoms with Gasteiger partial charge in [0.25, 0.3) is 5.56 Å². The highest BCUT2D eigenvalue weighted by Gasteiger charge is 2.11. The Kier molecular flexibility index (Phi) is 3.55. The Morgan fingerprint density at radius 1 is 1.04 bits per heavy atom. The van der Waals surface area contributed by atoms with E-state index in [2.05, 4.69) is 26.0 Å². The average Bonchev–Trinajstić information content (AvgIpc) is 3.10. The van der Waals surface area contributed by atoms with Crippen molar-refractivity contribution in [3.8, 4) is 11.4 Å². The molecule has 0 atom stereocenters. The molecule has 0 N–H and O–H groups in total. The SMILES string of the molecule is O=c1c(=Cc2ccccc2)sc2nc(-c3ccc(Br)cc3)nn12. The number of nitrogens with zero attached hydrogens (tertiary/aromatic N) is 3. The van der Waals surface area contributed by atoms with Crippen LogP contribution in [0, 0.1) is 0 Å². The second kappa shape index (κ2) is 5.72. The van der Waals surface area contributed by atoms with Crippen molar-refractivity contribution in [2.24, 2.45) is 0 Å². The number of aromatic nitrogens is 3. The lowest BCUT2D eigenvalue weighted by molar-refractivity contribution is 0.937. The molecule has 23 heavy (non-hydrogen) atoms. The standard InChI is InChI=1S/C17H10BrN3OS/c18-13-8-6-12(7-9-13)15-19-17-21(20-15)16(22)14(23-17)10-11-4-2-1-3-5-11/h1-10H. The van der Waals surface area contributed by atoms with Crippen LogP contribution >= 0.6 is 27.3 Å². The Morgan fingerprint density at radius 2 is 1.78 bits per heavy atom. The van der Waals surface area contributed by atoms with E-state index in [0.717, 1.165) is 15.6 Å². The molecule has 0 bridgehead atoms. The summed E-state index contributed by atoms with van der Waals surface area (Å²) in [5.41, 5.74) is 1.74. The molecule has 6 heteroatoms. The van der Waals surface area contributed by atoms with Crippen molar-refractivity contribution in [1.82, 2.24) is 14.6 Å². The predicted octanol–water partition coefficient (Wildman–Crippen LogP) is 3.13. The Labute approximate surface area is 143 Å². The number of fused-ring (bicyclic) bond motifs is 1. The zero-order valence-electron chi connectivity index (χ0n) is 11.8. The summed E-state index contributed by atoms with van der Waals surface area (Å²) in [5.74, 6) is 0.562. The minimum atomic E-state index is -0.135. The third-order valence-corrected chi connectivity index (χ3v) is 4.87. The predicted molar refractivity (Wildman–Crippen MR) is 95.5 cm³/mol. The lowest BCUT2D eigenvalue weighted by Gasteiger charge is -1.94. The summed E-state index contributed by atoms with van der Waals surface area (Å²) in [6, 6.07) is 17.5. The number of benzene rings is 2. The fourth-order valence-electron chi connectivity index (χ4n) is 2.26. The molecule has 2 aromatic heterocycles. The van der Waals surface area contributed by atoms with Crippen LogP contribution in [0.2, 0.25) is 0 Å². The molecular formula is C17H10BrN3OS. The second-order valence-corrected chi connectivity index (χ2v) is 6.89. The van der Waals surface area contributed by atoms with E-state index < -0.39 is 0 Å². The molecule has 0 amide bonds. The van der Waals surface area contributed by atoms with E-state index in [1.54, 1.807) is 0 Å². The number of hydrogen-bond acceptors (Lipinski definition) is 4. The number of halogens is 1. The van der Waals surface area contributed by atoms with Gasteiger partial charge in [0, 0.05) is 10.0 Å². The highest BCUT2D eigenvalue weighted by atomic mass is 79.9. The molecule has 0 aliphatic heterocycles. The minimum Gasteiger partial charge on any atom is -0.266 e. The van der Waals surface area contributed by atoms with E-state index in [-0.39, 0.29) is 5.56 Å². The van der Waals surface area contributed by atoms with E-state index in [4.69, 9.17) is 0 Å². The number of hydrogen-bond donors (Lipinski definition) is 0. The quantitative estimate of drug-likeness (QED) is 0.534. The summed E-state index contributed by atoms with van der Waals surface area (Å²) < 4.78 is 3.00. The van der Waals surface area contributed by atoms with Gasteiger partial charge >= 0.3 is 0 Å². The van der Waals surface area contributed by atoms with Crippen molar-refractivity contribution in [2.45, 2.75) is 0 Å². The smallest absolute Gasteiger partial charge is 0.266 e. The topological polar surface area (TPSA) is 47.3 Å². The van der Waals surface area contributed by atoms with E-state index in [0.29, 0.717) is 15.3 Å². The van der Waals surface area contributed by atoms with Gasteiger partial charge in [-0.15, -0.1) is 5.10 Å². The molecule has 0 saturated heterocycles. The van der Waals surface area contributed by atoms with Gasteiger partial charge in [0.2, 0.25) is 4.96 Å². The maximum absolute atomic E-state index is 12.5. The van der Waals surface area contributed by atoms with Crippen LogP contribution in [0.15, 0.2) is 63.9 Å². The molecule has 0 saturated carbocycles. The van der Waals surface area contributed by atoms with Crippen molar-refractivity contribution in [1.29, 1.82) is 0 Å². The Morgan fingerprint density at radius 3 is 2.48 bits per heavy atom. The molecular weight excluding hydrogens is 374 g/mol. The van der Waals surface area contributed by atoms with Crippen LogP contribution in [0.5, 0.6) is 0 Å². The lowest BCUT2D eigenvalue weighted by atomic mass is 10.2. The van der Waals surface area contributed by atoms with Crippen LogP contribution in [-0.4, -0.2) is 14.6 Å². The van der Waals surface area contributed by atoms with Gasteiger partial charge in [0.1, 0.15) is 0 Å². The van der Waals surface area contributed by atoms with E-state index in [1.807, 2.05) is 60.7 Å². The first kappa shape index (κ1) is 14.3. The zero-order chi connectivity index (χ0) is 15.8. The lowest BCUT2D eigenvalue weighted by Crippen LogP contribution is -2.23. The molecule has 2 aromatic carbocycles. The minimum absolute atomic E-state index is 0.135. The number of rotatable bonds is 2. The van der Waals surface area contributed by atoms with E-state index >= 15 is 0 Å². The molecule has 0 fully saturated rings. The van der Waals surface area contributed by atoms with Crippen molar-refractivity contribution in [3.05, 3.63) is 79.5 Å². The summed E-state index contributed by atoms with van der Waals surface area (Å²) >= 11 is 4.75. The zero-order valence-corrected chi connectivity index (χ0v) is 14.2. The van der Waals surface area contributed by atoms with Gasteiger partial charge in [0.15, 0.2) is 5.82 Å². The summed E-state index contributed by atoms with van der Waals surface area (Å²) in [4.78, 5) is 17.5. The van der Waals surface area contributed by atoms with Crippen molar-refractivity contribution < 1.29 is 0 Å². The van der Waals surface area contributed by atoms with Gasteiger partial charge in [-0.3, -0.25) is 4.79 Å². The fourth-order valence-corrected chi connectivity index (χ4v) is 3.43. The van der Waals surface area contributed by atoms with Gasteiger partial charge in [-0.05, 0) is 23.8 Å². The third kappa shape index (κ3) is 2.71. The summed E-state index contributed by atoms with van der Waals surface area (Å²) in [7, 11) is 0. The fraction of sp³-hybridized carbons (Fsp3) is 0. The van der Waals surface area contributed by atoms with E-state index in [1.165, 1.54) is 15.9 Å². The molecule has 0 aliphatic carbocycles. The summed E-state index contributed by atoms with van der Waals surface area (Å²) in [6.45, 7) is 0. The molecule has 4 rings (SSSR count). The third-order valence-electron chi connectivity index (χ3n) is 3.38. The van der Waals surface area contributed by atoms with Crippen LogP contribution in [0.4, 0.5) is 0 Å². The Hall–Kier alpha value is -2.31. The molecule has 4 aromatic rings. The Bertz CT molecular complexity index is 1080. The summed E-state index contributed by atoms with van der Waals surface area (Å²) in [6.07, 6.45) is 1.86. The van der Waals surface area contributed by atoms with Crippen LogP contribution in [0.1, 0.15) is 5.56 Å². The Balaban J connectivity index is 1.82. The monoisotopic (exact) mass is 383 g/mol. The van der Waals surface area contributed by atoms with Gasteiger partial charge in [0.05, 0.1) is 4.53 Å². The molecule has 0 unspecified atom stereocenters. The average molecular weight is 384 g/mol. The van der Waals surface area contributed by atoms with Gasteiger partial charge in [-0.1, -0.05) is 69.7 Å². The summed E-state index contributed by atoms with van der Waals surface area (Å²) in [5, 5.41) is 4.34. The maximum atomic E-state index is 12.5. The molecule has 0 spiro atoms. The highest BCUT2D eigenvalue weighted by molar-refractivity contribution is 9.10. The number of thiazole rings is 1. The molecule has 0 radical (unpaired) electrons. The van der Waals surface area contributed by atoms with Crippen molar-refractivity contribution >= 4 is 38.3 Å². The van der Waals surface area contributed by atoms with Gasteiger partial charge in [-0.25, -0.2) is 0 Å². The van der Waals surface area contributed by atoms with Crippen LogP contribution in [0.25, 0.3) is 22.4 Å². The van der Waals surface area contributed by atoms with Gasteiger partial charge in [-0.2, -0.15) is 9.50 Å². The molecule has 2 heterocycles. The normalized spacial score (nSPS) is 12.1. The van der Waals surface area contributed by atoms with Crippen LogP contribution in [-0.2, 0) is 0 Å². The first-order valence-corrected chi connectivity index (χ1v) is 8.54. The highest BCUT2D eigenvalue weighted by Crippen LogP contribution is 2.19.